The predicted molar refractivity (Wildman–Crippen MR) is 158 cm³/mol. The van der Waals surface area contributed by atoms with Crippen molar-refractivity contribution in [2.45, 2.75) is 54.9 Å². The van der Waals surface area contributed by atoms with Crippen LogP contribution in [0, 0.1) is 0 Å². The van der Waals surface area contributed by atoms with Gasteiger partial charge in [0.2, 0.25) is 17.2 Å². The summed E-state index contributed by atoms with van der Waals surface area (Å²) < 4.78 is 1.89. The second-order valence-corrected chi connectivity index (χ2v) is 13.3. The number of carboxylic acid groups (broad SMARTS) is 2. The summed E-state index contributed by atoms with van der Waals surface area (Å²) in [6.45, 7) is 2.49. The van der Waals surface area contributed by atoms with Crippen molar-refractivity contribution in [3.05, 3.63) is 28.4 Å². The minimum atomic E-state index is -1.77. The fourth-order valence-corrected chi connectivity index (χ4v) is 7.41. The summed E-state index contributed by atoms with van der Waals surface area (Å²) in [4.78, 5) is 65.0. The van der Waals surface area contributed by atoms with Gasteiger partial charge in [-0.15, -0.1) is 23.1 Å². The first kappa shape index (κ1) is 30.4. The quantitative estimate of drug-likeness (QED) is 0.0468. The standard InChI is InChI=1S/C24H27N9O7S3/c1-24(2,21(38)39)40-31-14(11-8-42-22(27)28-11)17(34)30-15-18(35)33-16(20(36)37)9(6-41-19(15)33)7-43-23-29-12(25)5-13(26)32(23)10-3-4-10/h5,8,10,15,19H,3-4,6-7H2,1-2H3,(H8,25,26,27,28,30,34,36,37,38,39)/p+1/b31-14-. The van der Waals surface area contributed by atoms with Gasteiger partial charge in [0.25, 0.3) is 11.8 Å². The van der Waals surface area contributed by atoms with Crippen LogP contribution in [0.5, 0.6) is 0 Å². The topological polar surface area (TPSA) is 253 Å². The van der Waals surface area contributed by atoms with E-state index in [0.29, 0.717) is 16.5 Å². The molecule has 2 aromatic rings. The zero-order valence-corrected chi connectivity index (χ0v) is 25.3. The van der Waals surface area contributed by atoms with Gasteiger partial charge in [-0.2, -0.15) is 0 Å². The van der Waals surface area contributed by atoms with Gasteiger partial charge in [-0.25, -0.2) is 19.1 Å². The third-order valence-corrected chi connectivity index (χ3v) is 9.74. The number of β-lactam (4-membered cyclic amide) rings is 1. The Morgan fingerprint density at radius 3 is 2.58 bits per heavy atom. The third-order valence-electron chi connectivity index (χ3n) is 6.69. The van der Waals surface area contributed by atoms with Crippen LogP contribution < -0.4 is 27.1 Å². The first-order valence-electron chi connectivity index (χ1n) is 12.8. The molecular weight excluding hydrogens is 623 g/mol. The predicted octanol–water partition coefficient (Wildman–Crippen LogP) is 0.0219. The number of fused-ring (bicyclic) bond motifs is 1. The highest BCUT2D eigenvalue weighted by Gasteiger charge is 2.54. The van der Waals surface area contributed by atoms with Crippen LogP contribution in [0.2, 0.25) is 0 Å². The first-order valence-corrected chi connectivity index (χ1v) is 15.7. The Morgan fingerprint density at radius 2 is 1.98 bits per heavy atom. The summed E-state index contributed by atoms with van der Waals surface area (Å²) in [5, 5.41) is 27.1. The van der Waals surface area contributed by atoms with E-state index < -0.39 is 46.5 Å². The number of amides is 2. The van der Waals surface area contributed by atoms with Crippen LogP contribution >= 0.6 is 34.9 Å². The van der Waals surface area contributed by atoms with Gasteiger partial charge in [0.15, 0.2) is 10.8 Å². The van der Waals surface area contributed by atoms with Gasteiger partial charge >= 0.3 is 17.1 Å². The molecule has 3 aliphatic rings. The molecule has 2 unspecified atom stereocenters. The lowest BCUT2D eigenvalue weighted by Crippen LogP contribution is -2.71. The van der Waals surface area contributed by atoms with Crippen LogP contribution in [0.4, 0.5) is 16.8 Å². The molecule has 43 heavy (non-hydrogen) atoms. The minimum Gasteiger partial charge on any atom is -0.478 e. The number of rotatable bonds is 11. The normalized spacial score (nSPS) is 20.4. The molecule has 0 radical (unpaired) electrons. The van der Waals surface area contributed by atoms with E-state index in [-0.39, 0.29) is 39.9 Å². The van der Waals surface area contributed by atoms with Gasteiger partial charge in [-0.1, -0.05) is 10.1 Å². The highest BCUT2D eigenvalue weighted by atomic mass is 32.2. The molecule has 0 spiro atoms. The van der Waals surface area contributed by atoms with E-state index in [1.807, 2.05) is 4.57 Å². The summed E-state index contributed by atoms with van der Waals surface area (Å²) in [6, 6.07) is 0.712. The van der Waals surface area contributed by atoms with Crippen molar-refractivity contribution in [2.24, 2.45) is 5.16 Å². The number of nitrogen functional groups attached to an aromatic ring is 3. The molecule has 1 aliphatic carbocycles. The van der Waals surface area contributed by atoms with Crippen molar-refractivity contribution in [2.75, 3.05) is 28.7 Å². The largest absolute Gasteiger partial charge is 0.478 e. The number of aliphatic carboxylic acids is 2. The molecule has 9 N–H and O–H groups in total. The second-order valence-electron chi connectivity index (χ2n) is 10.3. The third kappa shape index (κ3) is 6.04. The lowest BCUT2D eigenvalue weighted by Gasteiger charge is -2.49. The van der Waals surface area contributed by atoms with Crippen molar-refractivity contribution >= 4 is 81.1 Å². The number of carbonyl (C=O) groups is 4. The molecule has 4 heterocycles. The van der Waals surface area contributed by atoms with Crippen LogP contribution in [0.1, 0.15) is 38.4 Å². The molecule has 2 amide bonds. The molecule has 2 atom stereocenters. The lowest BCUT2D eigenvalue weighted by molar-refractivity contribution is -0.726. The lowest BCUT2D eigenvalue weighted by atomic mass is 10.0. The maximum atomic E-state index is 13.3. The monoisotopic (exact) mass is 650 g/mol. The average molecular weight is 651 g/mol. The Labute approximate surface area is 256 Å². The zero-order valence-electron chi connectivity index (χ0n) is 22.8. The van der Waals surface area contributed by atoms with Crippen LogP contribution in [0.3, 0.4) is 0 Å². The summed E-state index contributed by atoms with van der Waals surface area (Å²) in [5.74, 6) is -2.88. The van der Waals surface area contributed by atoms with Gasteiger partial charge < -0.3 is 37.6 Å². The molecule has 2 aromatic heterocycles. The smallest absolute Gasteiger partial charge is 0.352 e. The van der Waals surface area contributed by atoms with E-state index in [9.17, 15) is 29.4 Å². The molecule has 228 valence electrons. The first-order chi connectivity index (χ1) is 20.3. The van der Waals surface area contributed by atoms with E-state index in [1.165, 1.54) is 42.8 Å². The van der Waals surface area contributed by atoms with Gasteiger partial charge in [-0.05, 0) is 44.0 Å². The summed E-state index contributed by atoms with van der Waals surface area (Å²) in [7, 11) is 0. The summed E-state index contributed by atoms with van der Waals surface area (Å²) in [5.41, 5.74) is 16.0. The fourth-order valence-electron chi connectivity index (χ4n) is 4.28. The molecule has 1 saturated heterocycles. The number of carbonyl (C=O) groups excluding carboxylic acids is 2. The van der Waals surface area contributed by atoms with Gasteiger partial charge in [-0.3, -0.25) is 14.5 Å². The number of aromatic nitrogens is 3. The molecule has 2 aliphatic heterocycles. The Kier molecular flexibility index (Phi) is 8.14. The number of hydrogen-bond acceptors (Lipinski definition) is 14. The van der Waals surface area contributed by atoms with E-state index in [2.05, 4.69) is 20.4 Å². The number of anilines is 3. The molecule has 1 saturated carbocycles. The van der Waals surface area contributed by atoms with Crippen LogP contribution in [-0.4, -0.2) is 83.1 Å². The highest BCUT2D eigenvalue weighted by Crippen LogP contribution is 2.42. The van der Waals surface area contributed by atoms with Crippen molar-refractivity contribution in [1.29, 1.82) is 0 Å². The number of carboxylic acids is 2. The van der Waals surface area contributed by atoms with E-state index in [0.717, 1.165) is 29.1 Å². The molecular formula is C24H28N9O7S3+. The molecule has 16 nitrogen and oxygen atoms in total. The Balaban J connectivity index is 1.34. The minimum absolute atomic E-state index is 0.0192. The number of nitrogens with one attached hydrogen (secondary N) is 1. The number of nitrogens with two attached hydrogens (primary N) is 3. The van der Waals surface area contributed by atoms with Crippen LogP contribution in [0.25, 0.3) is 0 Å². The number of thiazole rings is 1. The molecule has 19 heteroatoms. The zero-order chi connectivity index (χ0) is 31.2. The number of oxime groups is 1. The van der Waals surface area contributed by atoms with Gasteiger partial charge in [0.05, 0.1) is 12.1 Å². The summed E-state index contributed by atoms with van der Waals surface area (Å²) in [6.07, 6.45) is 1.91. The van der Waals surface area contributed by atoms with Crippen LogP contribution in [-0.2, 0) is 24.0 Å². The van der Waals surface area contributed by atoms with E-state index >= 15 is 0 Å². The number of nitrogens with zero attached hydrogens (tertiary/aromatic N) is 5. The average Bonchev–Trinajstić information content (AvgIpc) is 3.68. The maximum absolute atomic E-state index is 13.3. The fraction of sp³-hybridized carbons (Fsp3) is 0.417. The van der Waals surface area contributed by atoms with Crippen molar-refractivity contribution in [3.63, 3.8) is 0 Å². The summed E-state index contributed by atoms with van der Waals surface area (Å²) >= 11 is 3.60. The molecule has 0 aromatic carbocycles. The molecule has 5 rings (SSSR count). The molecule has 0 bridgehead atoms. The Bertz CT molecular complexity index is 1590. The van der Waals surface area contributed by atoms with E-state index in [4.69, 9.17) is 22.0 Å². The molecule has 2 fully saturated rings. The maximum Gasteiger partial charge on any atom is 0.352 e. The van der Waals surface area contributed by atoms with Gasteiger partial charge in [0, 0.05) is 16.9 Å². The van der Waals surface area contributed by atoms with Crippen molar-refractivity contribution < 1.29 is 38.8 Å². The van der Waals surface area contributed by atoms with Crippen molar-refractivity contribution in [3.8, 4) is 0 Å². The van der Waals surface area contributed by atoms with E-state index in [1.54, 1.807) is 6.07 Å². The highest BCUT2D eigenvalue weighted by molar-refractivity contribution is 8.01. The van der Waals surface area contributed by atoms with Gasteiger partial charge in [0.1, 0.15) is 22.8 Å². The number of hydrogen-bond donors (Lipinski definition) is 6. The second kappa shape index (κ2) is 11.5. The number of thioether (sulfide) groups is 2. The Hall–Kier alpha value is -4.10. The Morgan fingerprint density at radius 1 is 1.26 bits per heavy atom. The SMILES string of the molecule is CC(C)(O/N=C(\C(=O)NC1C(=O)N2C(C(=O)O)=C(CSc3nc(N)cc(N)[n+]3C3CC3)CSC12)c1csc(N)n1)C(=O)O. The van der Waals surface area contributed by atoms with Crippen LogP contribution in [0.15, 0.2) is 33.0 Å². The van der Waals surface area contributed by atoms with Crippen molar-refractivity contribution in [1.82, 2.24) is 20.2 Å².